The minimum atomic E-state index is -1.07. The summed E-state index contributed by atoms with van der Waals surface area (Å²) in [6.45, 7) is 3.25. The van der Waals surface area contributed by atoms with Crippen LogP contribution in [0.25, 0.3) is 0 Å². The third kappa shape index (κ3) is 3.91. The summed E-state index contributed by atoms with van der Waals surface area (Å²) in [5.74, 6) is 5.95. The molecule has 1 heterocycles. The van der Waals surface area contributed by atoms with Gasteiger partial charge in [0.1, 0.15) is 11.9 Å². The Hall–Kier alpha value is -2.58. The van der Waals surface area contributed by atoms with Gasteiger partial charge < -0.3 is 25.4 Å². The molecule has 0 unspecified atom stereocenters. The van der Waals surface area contributed by atoms with Crippen LogP contribution in [-0.2, 0) is 14.3 Å². The number of benzene rings is 2. The molecule has 7 nitrogen and oxygen atoms in total. The standard InChI is InChI=1S/C19H20BrN3O4/c1-10-13(5-4-6-16(10)25-3)17-14-9-12(20)7-8-15(14)22-18(23-21)19(27-17)26-11(2)24/h4-9,17,19H,21H2,1-3H3,(H,22,23)/t17-,19+/m0/s1. The lowest BCUT2D eigenvalue weighted by Crippen LogP contribution is -2.34. The molecule has 0 saturated heterocycles. The molecule has 0 aromatic heterocycles. The summed E-state index contributed by atoms with van der Waals surface area (Å²) in [7, 11) is 1.62. The third-order valence-electron chi connectivity index (χ3n) is 4.28. The quantitative estimate of drug-likeness (QED) is 0.437. The molecule has 27 heavy (non-hydrogen) atoms. The van der Waals surface area contributed by atoms with Crippen LogP contribution in [-0.4, -0.2) is 25.2 Å². The van der Waals surface area contributed by atoms with Crippen LogP contribution in [0.3, 0.4) is 0 Å². The number of nitrogens with two attached hydrogens (primary N) is 1. The second-order valence-corrected chi connectivity index (χ2v) is 6.92. The van der Waals surface area contributed by atoms with E-state index in [0.717, 1.165) is 32.6 Å². The number of hydrogen-bond donors (Lipinski definition) is 2. The molecule has 0 saturated carbocycles. The highest BCUT2D eigenvalue weighted by molar-refractivity contribution is 9.10. The van der Waals surface area contributed by atoms with Crippen molar-refractivity contribution in [1.29, 1.82) is 0 Å². The van der Waals surface area contributed by atoms with Crippen LogP contribution in [0.5, 0.6) is 5.75 Å². The van der Waals surface area contributed by atoms with Crippen LogP contribution in [0, 0.1) is 6.92 Å². The summed E-state index contributed by atoms with van der Waals surface area (Å²) >= 11 is 3.50. The number of ether oxygens (including phenoxy) is 3. The molecule has 3 rings (SSSR count). The smallest absolute Gasteiger partial charge is 0.305 e. The monoisotopic (exact) mass is 433 g/mol. The minimum absolute atomic E-state index is 0.205. The van der Waals surface area contributed by atoms with Crippen LogP contribution in [0.4, 0.5) is 5.69 Å². The average Bonchev–Trinajstić information content (AvgIpc) is 2.78. The van der Waals surface area contributed by atoms with E-state index in [9.17, 15) is 4.79 Å². The topological polar surface area (TPSA) is 95.2 Å². The Morgan fingerprint density at radius 1 is 1.30 bits per heavy atom. The van der Waals surface area contributed by atoms with Crippen LogP contribution in [0.15, 0.2) is 46.0 Å². The van der Waals surface area contributed by atoms with Gasteiger partial charge in [-0.15, -0.1) is 0 Å². The normalized spacial score (nSPS) is 20.4. The van der Waals surface area contributed by atoms with E-state index in [0.29, 0.717) is 0 Å². The van der Waals surface area contributed by atoms with Crippen molar-refractivity contribution in [3.05, 3.63) is 57.6 Å². The van der Waals surface area contributed by atoms with Crippen molar-refractivity contribution in [2.45, 2.75) is 26.2 Å². The van der Waals surface area contributed by atoms with E-state index in [1.807, 2.05) is 43.3 Å². The number of carbonyl (C=O) groups excluding carboxylic acids is 1. The van der Waals surface area contributed by atoms with Crippen molar-refractivity contribution in [1.82, 2.24) is 0 Å². The molecule has 1 aliphatic rings. The van der Waals surface area contributed by atoms with E-state index < -0.39 is 18.4 Å². The van der Waals surface area contributed by atoms with Crippen molar-refractivity contribution in [2.75, 3.05) is 12.4 Å². The van der Waals surface area contributed by atoms with E-state index in [2.05, 4.69) is 26.3 Å². The lowest BCUT2D eigenvalue weighted by molar-refractivity contribution is -0.167. The first kappa shape index (κ1) is 19.2. The summed E-state index contributed by atoms with van der Waals surface area (Å²) in [4.78, 5) is 11.6. The number of carbonyl (C=O) groups is 1. The maximum Gasteiger partial charge on any atom is 0.305 e. The number of methoxy groups -OCH3 is 1. The van der Waals surface area contributed by atoms with E-state index >= 15 is 0 Å². The van der Waals surface area contributed by atoms with Gasteiger partial charge >= 0.3 is 5.97 Å². The zero-order valence-electron chi connectivity index (χ0n) is 15.2. The molecule has 2 aromatic rings. The fourth-order valence-electron chi connectivity index (χ4n) is 3.03. The number of nitrogens with zero attached hydrogens (tertiary/aromatic N) is 1. The summed E-state index contributed by atoms with van der Waals surface area (Å²) in [6, 6.07) is 11.4. The lowest BCUT2D eigenvalue weighted by atomic mass is 9.95. The SMILES string of the molecule is COc1cccc([C@@H]2O[C@@H](OC(C)=O)/C(=N/N)Nc3ccc(Br)cc32)c1C. The number of anilines is 1. The van der Waals surface area contributed by atoms with Crippen molar-refractivity contribution < 1.29 is 19.0 Å². The molecule has 142 valence electrons. The summed E-state index contributed by atoms with van der Waals surface area (Å²) < 4.78 is 17.8. The Morgan fingerprint density at radius 2 is 2.07 bits per heavy atom. The Morgan fingerprint density at radius 3 is 2.74 bits per heavy atom. The van der Waals surface area contributed by atoms with Crippen molar-refractivity contribution >= 4 is 33.4 Å². The molecule has 2 atom stereocenters. The molecule has 8 heteroatoms. The summed E-state index contributed by atoms with van der Waals surface area (Å²) in [5.41, 5.74) is 3.40. The third-order valence-corrected chi connectivity index (χ3v) is 4.78. The fraction of sp³-hybridized carbons (Fsp3) is 0.263. The molecule has 0 bridgehead atoms. The molecule has 0 fully saturated rings. The Labute approximate surface area is 165 Å². The van der Waals surface area contributed by atoms with Gasteiger partial charge in [-0.3, -0.25) is 4.79 Å². The van der Waals surface area contributed by atoms with Crippen LogP contribution in [0.1, 0.15) is 29.7 Å². The lowest BCUT2D eigenvalue weighted by Gasteiger charge is -2.24. The van der Waals surface area contributed by atoms with Gasteiger partial charge in [-0.05, 0) is 42.3 Å². The number of hydrazone groups is 1. The zero-order valence-corrected chi connectivity index (χ0v) is 16.7. The predicted octanol–water partition coefficient (Wildman–Crippen LogP) is 3.46. The first-order chi connectivity index (χ1) is 12.9. The van der Waals surface area contributed by atoms with Crippen LogP contribution < -0.4 is 15.9 Å². The summed E-state index contributed by atoms with van der Waals surface area (Å²) in [6.07, 6.45) is -1.61. The van der Waals surface area contributed by atoms with Gasteiger partial charge in [-0.1, -0.05) is 28.1 Å². The Balaban J connectivity index is 2.18. The average molecular weight is 434 g/mol. The molecule has 0 radical (unpaired) electrons. The van der Waals surface area contributed by atoms with Gasteiger partial charge in [0.25, 0.3) is 6.29 Å². The fourth-order valence-corrected chi connectivity index (χ4v) is 3.41. The van der Waals surface area contributed by atoms with E-state index in [1.165, 1.54) is 6.92 Å². The van der Waals surface area contributed by atoms with Gasteiger partial charge in [-0.25, -0.2) is 0 Å². The van der Waals surface area contributed by atoms with Gasteiger partial charge in [0, 0.05) is 22.6 Å². The van der Waals surface area contributed by atoms with Gasteiger partial charge in [0.2, 0.25) is 0 Å². The Kier molecular flexibility index (Phi) is 5.67. The number of rotatable bonds is 3. The van der Waals surface area contributed by atoms with Crippen LogP contribution >= 0.6 is 15.9 Å². The first-order valence-corrected chi connectivity index (χ1v) is 9.04. The number of esters is 1. The van der Waals surface area contributed by atoms with Crippen molar-refractivity contribution in [3.63, 3.8) is 0 Å². The Bertz CT molecular complexity index is 901. The highest BCUT2D eigenvalue weighted by Gasteiger charge is 2.33. The summed E-state index contributed by atoms with van der Waals surface area (Å²) in [5, 5.41) is 6.82. The maximum absolute atomic E-state index is 11.6. The van der Waals surface area contributed by atoms with Crippen molar-refractivity contribution in [2.24, 2.45) is 10.9 Å². The zero-order chi connectivity index (χ0) is 19.6. The van der Waals surface area contributed by atoms with Crippen molar-refractivity contribution in [3.8, 4) is 5.75 Å². The highest BCUT2D eigenvalue weighted by Crippen LogP contribution is 2.40. The number of fused-ring (bicyclic) bond motifs is 1. The second-order valence-electron chi connectivity index (χ2n) is 6.00. The minimum Gasteiger partial charge on any atom is -0.496 e. The van der Waals surface area contributed by atoms with Gasteiger partial charge in [0.15, 0.2) is 5.84 Å². The molecule has 1 aliphatic heterocycles. The molecular formula is C19H20BrN3O4. The number of halogens is 1. The largest absolute Gasteiger partial charge is 0.496 e. The highest BCUT2D eigenvalue weighted by atomic mass is 79.9. The number of nitrogens with one attached hydrogen (secondary N) is 1. The molecule has 0 amide bonds. The maximum atomic E-state index is 11.6. The second kappa shape index (κ2) is 7.98. The van der Waals surface area contributed by atoms with Gasteiger partial charge in [-0.2, -0.15) is 5.10 Å². The van der Waals surface area contributed by atoms with E-state index in [1.54, 1.807) is 7.11 Å². The van der Waals surface area contributed by atoms with E-state index in [4.69, 9.17) is 20.1 Å². The van der Waals surface area contributed by atoms with Gasteiger partial charge in [0.05, 0.1) is 7.11 Å². The van der Waals surface area contributed by atoms with Crippen LogP contribution in [0.2, 0.25) is 0 Å². The molecule has 0 aliphatic carbocycles. The molecule has 2 aromatic carbocycles. The predicted molar refractivity (Wildman–Crippen MR) is 106 cm³/mol. The molecule has 0 spiro atoms. The number of hydrogen-bond acceptors (Lipinski definition) is 6. The molecular weight excluding hydrogens is 414 g/mol. The van der Waals surface area contributed by atoms with E-state index in [-0.39, 0.29) is 5.84 Å². The number of amidine groups is 1. The first-order valence-electron chi connectivity index (χ1n) is 8.25. The molecule has 3 N–H and O–H groups in total.